The van der Waals surface area contributed by atoms with Gasteiger partial charge in [-0.05, 0) is 25.1 Å². The SMILES string of the molecule is COc1ccc(Cl)cc1NC(=O)c1onc(C)c1Cl. The van der Waals surface area contributed by atoms with Gasteiger partial charge >= 0.3 is 0 Å². The van der Waals surface area contributed by atoms with E-state index in [1.807, 2.05) is 0 Å². The highest BCUT2D eigenvalue weighted by Crippen LogP contribution is 2.29. The topological polar surface area (TPSA) is 64.4 Å². The van der Waals surface area contributed by atoms with Crippen molar-refractivity contribution in [1.82, 2.24) is 5.16 Å². The molecule has 0 fully saturated rings. The molecule has 2 rings (SSSR count). The van der Waals surface area contributed by atoms with Gasteiger partial charge in [-0.15, -0.1) is 0 Å². The Morgan fingerprint density at radius 1 is 1.42 bits per heavy atom. The third-order valence-electron chi connectivity index (χ3n) is 2.41. The van der Waals surface area contributed by atoms with Gasteiger partial charge in [0.05, 0.1) is 18.5 Å². The molecule has 1 N–H and O–H groups in total. The molecule has 0 saturated carbocycles. The van der Waals surface area contributed by atoms with Gasteiger partial charge < -0.3 is 14.6 Å². The lowest BCUT2D eigenvalue weighted by Gasteiger charge is -2.09. The van der Waals surface area contributed by atoms with E-state index in [9.17, 15) is 4.79 Å². The molecule has 19 heavy (non-hydrogen) atoms. The second-order valence-corrected chi connectivity index (χ2v) is 4.52. The Labute approximate surface area is 119 Å². The van der Waals surface area contributed by atoms with Crippen LogP contribution in [-0.4, -0.2) is 18.2 Å². The third kappa shape index (κ3) is 2.83. The average Bonchev–Trinajstić information content (AvgIpc) is 2.70. The van der Waals surface area contributed by atoms with Crippen molar-refractivity contribution in [2.45, 2.75) is 6.92 Å². The quantitative estimate of drug-likeness (QED) is 0.941. The highest BCUT2D eigenvalue weighted by molar-refractivity contribution is 6.34. The maximum Gasteiger partial charge on any atom is 0.295 e. The zero-order chi connectivity index (χ0) is 14.0. The maximum absolute atomic E-state index is 12.0. The van der Waals surface area contributed by atoms with Crippen LogP contribution in [0.15, 0.2) is 22.7 Å². The molecule has 0 aliphatic rings. The summed E-state index contributed by atoms with van der Waals surface area (Å²) < 4.78 is 9.98. The number of carbonyl (C=O) groups excluding carboxylic acids is 1. The van der Waals surface area contributed by atoms with Gasteiger partial charge in [-0.1, -0.05) is 28.4 Å². The zero-order valence-corrected chi connectivity index (χ0v) is 11.7. The van der Waals surface area contributed by atoms with Crippen molar-refractivity contribution in [3.63, 3.8) is 0 Å². The van der Waals surface area contributed by atoms with Crippen LogP contribution in [-0.2, 0) is 0 Å². The number of aryl methyl sites for hydroxylation is 1. The lowest BCUT2D eigenvalue weighted by atomic mass is 10.2. The van der Waals surface area contributed by atoms with Gasteiger partial charge in [0.1, 0.15) is 10.8 Å². The molecule has 1 aromatic carbocycles. The van der Waals surface area contributed by atoms with Crippen LogP contribution in [0.4, 0.5) is 5.69 Å². The first-order valence-electron chi connectivity index (χ1n) is 5.29. The number of rotatable bonds is 3. The third-order valence-corrected chi connectivity index (χ3v) is 3.09. The summed E-state index contributed by atoms with van der Waals surface area (Å²) in [5, 5.41) is 6.87. The van der Waals surface area contributed by atoms with Crippen LogP contribution in [0.3, 0.4) is 0 Å². The zero-order valence-electron chi connectivity index (χ0n) is 10.2. The summed E-state index contributed by atoms with van der Waals surface area (Å²) in [5.74, 6) is -0.0996. The van der Waals surface area contributed by atoms with Crippen molar-refractivity contribution in [1.29, 1.82) is 0 Å². The molecule has 5 nitrogen and oxygen atoms in total. The van der Waals surface area contributed by atoms with Gasteiger partial charge in [0.15, 0.2) is 0 Å². The van der Waals surface area contributed by atoms with Gasteiger partial charge in [0.25, 0.3) is 5.91 Å². The summed E-state index contributed by atoms with van der Waals surface area (Å²) in [6.45, 7) is 1.64. The number of methoxy groups -OCH3 is 1. The number of carbonyl (C=O) groups is 1. The van der Waals surface area contributed by atoms with Crippen molar-refractivity contribution < 1.29 is 14.1 Å². The summed E-state index contributed by atoms with van der Waals surface area (Å²) in [5.41, 5.74) is 0.870. The van der Waals surface area contributed by atoms with Crippen molar-refractivity contribution in [2.24, 2.45) is 0 Å². The number of anilines is 1. The number of ether oxygens (including phenoxy) is 1. The number of aromatic nitrogens is 1. The van der Waals surface area contributed by atoms with E-state index in [4.69, 9.17) is 32.5 Å². The molecule has 0 aliphatic heterocycles. The van der Waals surface area contributed by atoms with Crippen LogP contribution < -0.4 is 10.1 Å². The van der Waals surface area contributed by atoms with Gasteiger partial charge in [0.2, 0.25) is 5.76 Å². The second-order valence-electron chi connectivity index (χ2n) is 3.71. The largest absolute Gasteiger partial charge is 0.495 e. The van der Waals surface area contributed by atoms with Crippen molar-refractivity contribution >= 4 is 34.8 Å². The minimum Gasteiger partial charge on any atom is -0.495 e. The molecule has 0 radical (unpaired) electrons. The first-order valence-corrected chi connectivity index (χ1v) is 6.05. The normalized spacial score (nSPS) is 10.3. The first-order chi connectivity index (χ1) is 9.02. The summed E-state index contributed by atoms with van der Waals surface area (Å²) in [7, 11) is 1.49. The standard InChI is InChI=1S/C12H10Cl2N2O3/c1-6-10(14)11(19-16-6)12(17)15-8-5-7(13)3-4-9(8)18-2/h3-5H,1-2H3,(H,15,17). The van der Waals surface area contributed by atoms with Crippen LogP contribution >= 0.6 is 23.2 Å². The summed E-state index contributed by atoms with van der Waals surface area (Å²) in [4.78, 5) is 12.0. The predicted octanol–water partition coefficient (Wildman–Crippen LogP) is 3.55. The van der Waals surface area contributed by atoms with Crippen LogP contribution in [0.2, 0.25) is 10.0 Å². The number of hydrogen-bond donors (Lipinski definition) is 1. The minimum absolute atomic E-state index is 0.0544. The maximum atomic E-state index is 12.0. The molecule has 0 saturated heterocycles. The summed E-state index contributed by atoms with van der Waals surface area (Å²) >= 11 is 11.8. The molecular weight excluding hydrogens is 291 g/mol. The van der Waals surface area contributed by atoms with Crippen LogP contribution in [0.25, 0.3) is 0 Å². The summed E-state index contributed by atoms with van der Waals surface area (Å²) in [6.07, 6.45) is 0. The number of nitrogens with one attached hydrogen (secondary N) is 1. The number of nitrogens with zero attached hydrogens (tertiary/aromatic N) is 1. The Morgan fingerprint density at radius 3 is 2.74 bits per heavy atom. The molecule has 100 valence electrons. The molecule has 7 heteroatoms. The van der Waals surface area contributed by atoms with E-state index in [2.05, 4.69) is 10.5 Å². The van der Waals surface area contributed by atoms with Crippen molar-refractivity contribution in [3.05, 3.63) is 39.7 Å². The highest BCUT2D eigenvalue weighted by Gasteiger charge is 2.20. The molecule has 1 amide bonds. The first kappa shape index (κ1) is 13.7. The van der Waals surface area contributed by atoms with Gasteiger partial charge in [-0.3, -0.25) is 4.79 Å². The number of amides is 1. The lowest BCUT2D eigenvalue weighted by Crippen LogP contribution is -2.12. The molecular formula is C12H10Cl2N2O3. The average molecular weight is 301 g/mol. The number of benzene rings is 1. The number of hydrogen-bond acceptors (Lipinski definition) is 4. The van der Waals surface area contributed by atoms with Crippen LogP contribution in [0.5, 0.6) is 5.75 Å². The second kappa shape index (κ2) is 5.50. The molecule has 0 bridgehead atoms. The molecule has 1 aromatic heterocycles. The van der Waals surface area contributed by atoms with E-state index >= 15 is 0 Å². The fourth-order valence-electron chi connectivity index (χ4n) is 1.46. The van der Waals surface area contributed by atoms with Crippen LogP contribution in [0, 0.1) is 6.92 Å². The number of halogens is 2. The van der Waals surface area contributed by atoms with E-state index in [0.717, 1.165) is 0 Å². The molecule has 0 atom stereocenters. The van der Waals surface area contributed by atoms with Gasteiger partial charge in [0, 0.05) is 5.02 Å². The van der Waals surface area contributed by atoms with E-state index in [1.54, 1.807) is 25.1 Å². The van der Waals surface area contributed by atoms with Crippen molar-refractivity contribution in [2.75, 3.05) is 12.4 Å². The van der Waals surface area contributed by atoms with E-state index < -0.39 is 5.91 Å². The Morgan fingerprint density at radius 2 is 2.16 bits per heavy atom. The Hall–Kier alpha value is -1.72. The highest BCUT2D eigenvalue weighted by atomic mass is 35.5. The Kier molecular flexibility index (Phi) is 3.97. The Balaban J connectivity index is 2.28. The molecule has 0 aliphatic carbocycles. The molecule has 0 spiro atoms. The van der Waals surface area contributed by atoms with Gasteiger partial charge in [-0.2, -0.15) is 0 Å². The summed E-state index contributed by atoms with van der Waals surface area (Å²) in [6, 6.07) is 4.86. The monoisotopic (exact) mass is 300 g/mol. The van der Waals surface area contributed by atoms with Crippen molar-refractivity contribution in [3.8, 4) is 5.75 Å². The van der Waals surface area contributed by atoms with E-state index in [-0.39, 0.29) is 10.8 Å². The van der Waals surface area contributed by atoms with Gasteiger partial charge in [-0.25, -0.2) is 0 Å². The minimum atomic E-state index is -0.522. The predicted molar refractivity (Wildman–Crippen MR) is 72.2 cm³/mol. The van der Waals surface area contributed by atoms with E-state index in [0.29, 0.717) is 22.2 Å². The molecule has 0 unspecified atom stereocenters. The fourth-order valence-corrected chi connectivity index (χ4v) is 1.78. The lowest BCUT2D eigenvalue weighted by molar-refractivity contribution is 0.0987. The molecule has 2 aromatic rings. The fraction of sp³-hybridized carbons (Fsp3) is 0.167. The smallest absolute Gasteiger partial charge is 0.295 e. The molecule has 1 heterocycles. The van der Waals surface area contributed by atoms with E-state index in [1.165, 1.54) is 7.11 Å². The Bertz CT molecular complexity index is 625. The van der Waals surface area contributed by atoms with Crippen LogP contribution in [0.1, 0.15) is 16.2 Å².